The van der Waals surface area contributed by atoms with Crippen molar-refractivity contribution < 1.29 is 24.6 Å². The lowest BCUT2D eigenvalue weighted by Crippen LogP contribution is -2.53. The van der Waals surface area contributed by atoms with Gasteiger partial charge in [-0.05, 0) is 41.0 Å². The number of carbonyl (C=O) groups is 3. The second-order valence-electron chi connectivity index (χ2n) is 10.4. The van der Waals surface area contributed by atoms with Crippen molar-refractivity contribution in [3.63, 3.8) is 0 Å². The number of benzene rings is 2. The van der Waals surface area contributed by atoms with E-state index in [-0.39, 0.29) is 36.3 Å². The molecule has 0 unspecified atom stereocenters. The largest absolute Gasteiger partial charge is 0.508 e. The number of hydrogen-bond donors (Lipinski definition) is 4. The minimum Gasteiger partial charge on any atom is -0.508 e. The van der Waals surface area contributed by atoms with E-state index < -0.39 is 24.0 Å². The normalized spacial score (nSPS) is 13.2. The molecule has 4 N–H and O–H groups in total. The summed E-state index contributed by atoms with van der Waals surface area (Å²) in [5, 5.41) is 24.6. The van der Waals surface area contributed by atoms with Gasteiger partial charge in [-0.2, -0.15) is 0 Å². The molecule has 0 saturated heterocycles. The Labute approximate surface area is 208 Å². The summed E-state index contributed by atoms with van der Waals surface area (Å²) in [6, 6.07) is 13.4. The smallest absolute Gasteiger partial charge is 0.326 e. The van der Waals surface area contributed by atoms with Crippen LogP contribution in [-0.4, -0.2) is 40.1 Å². The van der Waals surface area contributed by atoms with Gasteiger partial charge in [-0.15, -0.1) is 0 Å². The predicted octanol–water partition coefficient (Wildman–Crippen LogP) is 4.08. The number of carboxylic acid groups (broad SMARTS) is 1. The van der Waals surface area contributed by atoms with Gasteiger partial charge >= 0.3 is 5.97 Å². The molecular formula is C28H38N2O5. The lowest BCUT2D eigenvalue weighted by atomic mass is 9.82. The Morgan fingerprint density at radius 2 is 1.43 bits per heavy atom. The van der Waals surface area contributed by atoms with E-state index in [9.17, 15) is 24.6 Å². The van der Waals surface area contributed by atoms with E-state index in [1.54, 1.807) is 12.1 Å². The van der Waals surface area contributed by atoms with Crippen LogP contribution in [0, 0.1) is 11.3 Å². The molecule has 0 aromatic heterocycles. The Bertz CT molecular complexity index is 971. The first kappa shape index (κ1) is 27.9. The summed E-state index contributed by atoms with van der Waals surface area (Å²) in [5.41, 5.74) is 1.30. The maximum atomic E-state index is 13.2. The molecule has 0 fully saturated rings. The number of phenolic OH excluding ortho intramolecular Hbond substituents is 1. The molecule has 2 amide bonds. The summed E-state index contributed by atoms with van der Waals surface area (Å²) in [6.07, 6.45) is 2.47. The number of carboxylic acids is 1. The molecule has 7 heteroatoms. The number of nitrogens with one attached hydrogen (secondary N) is 2. The van der Waals surface area contributed by atoms with Crippen molar-refractivity contribution in [2.45, 2.75) is 71.9 Å². The molecule has 0 radical (unpaired) electrons. The molecule has 0 aliphatic rings. The average molecular weight is 483 g/mol. The van der Waals surface area contributed by atoms with Gasteiger partial charge in [-0.3, -0.25) is 9.59 Å². The minimum absolute atomic E-state index is 0.0512. The van der Waals surface area contributed by atoms with E-state index in [1.807, 2.05) is 44.2 Å². The summed E-state index contributed by atoms with van der Waals surface area (Å²) in [7, 11) is 0. The number of aromatic hydroxyl groups is 1. The highest BCUT2D eigenvalue weighted by Gasteiger charge is 2.29. The lowest BCUT2D eigenvalue weighted by Gasteiger charge is -2.27. The zero-order valence-corrected chi connectivity index (χ0v) is 21.1. The number of rotatable bonds is 13. The van der Waals surface area contributed by atoms with Crippen molar-refractivity contribution in [3.8, 4) is 5.75 Å². The van der Waals surface area contributed by atoms with E-state index in [0.29, 0.717) is 11.5 Å². The van der Waals surface area contributed by atoms with Crippen molar-refractivity contribution >= 4 is 17.8 Å². The molecule has 0 heterocycles. The third kappa shape index (κ3) is 10.2. The highest BCUT2D eigenvalue weighted by molar-refractivity contribution is 5.90. The molecule has 0 aliphatic carbocycles. The van der Waals surface area contributed by atoms with Crippen molar-refractivity contribution in [2.75, 3.05) is 0 Å². The Hall–Kier alpha value is -3.35. The van der Waals surface area contributed by atoms with E-state index >= 15 is 0 Å². The number of amides is 2. The van der Waals surface area contributed by atoms with Gasteiger partial charge < -0.3 is 20.8 Å². The molecule has 0 spiro atoms. The molecular weight excluding hydrogens is 444 g/mol. The van der Waals surface area contributed by atoms with Crippen LogP contribution >= 0.6 is 0 Å². The summed E-state index contributed by atoms with van der Waals surface area (Å²) in [6.45, 7) is 8.37. The first-order valence-electron chi connectivity index (χ1n) is 12.1. The molecule has 2 atom stereocenters. The van der Waals surface area contributed by atoms with Crippen LogP contribution in [0.15, 0.2) is 54.6 Å². The van der Waals surface area contributed by atoms with Crippen LogP contribution in [-0.2, 0) is 27.2 Å². The first-order valence-corrected chi connectivity index (χ1v) is 12.1. The first-order chi connectivity index (χ1) is 16.4. The maximum absolute atomic E-state index is 13.2. The van der Waals surface area contributed by atoms with Gasteiger partial charge in [-0.25, -0.2) is 4.79 Å². The molecule has 35 heavy (non-hydrogen) atoms. The summed E-state index contributed by atoms with van der Waals surface area (Å²) in [4.78, 5) is 38.0. The Morgan fingerprint density at radius 1 is 0.857 bits per heavy atom. The van der Waals surface area contributed by atoms with Crippen molar-refractivity contribution in [2.24, 2.45) is 11.3 Å². The average Bonchev–Trinajstić information content (AvgIpc) is 2.78. The summed E-state index contributed by atoms with van der Waals surface area (Å²) >= 11 is 0. The minimum atomic E-state index is -1.18. The van der Waals surface area contributed by atoms with Crippen LogP contribution in [0.25, 0.3) is 0 Å². The zero-order valence-electron chi connectivity index (χ0n) is 21.1. The van der Waals surface area contributed by atoms with Gasteiger partial charge in [0.15, 0.2) is 0 Å². The van der Waals surface area contributed by atoms with E-state index in [2.05, 4.69) is 24.5 Å². The Morgan fingerprint density at radius 3 is 2.00 bits per heavy atom. The van der Waals surface area contributed by atoms with Crippen LogP contribution in [0.2, 0.25) is 0 Å². The SMILES string of the molecule is CC(C)CCC(C)(C)CC(=O)N[C@@H](Cc1ccccc1)C(=O)N[C@@H](Cc1ccc(O)cc1)C(=O)O. The number of carbonyl (C=O) groups excluding carboxylic acids is 2. The monoisotopic (exact) mass is 482 g/mol. The van der Waals surface area contributed by atoms with Gasteiger partial charge in [0, 0.05) is 19.3 Å². The fraction of sp³-hybridized carbons (Fsp3) is 0.464. The lowest BCUT2D eigenvalue weighted by molar-refractivity contribution is -0.142. The number of aliphatic carboxylic acids is 1. The quantitative estimate of drug-likeness (QED) is 0.343. The molecule has 0 saturated carbocycles. The molecule has 7 nitrogen and oxygen atoms in total. The topological polar surface area (TPSA) is 116 Å². The summed E-state index contributed by atoms with van der Waals surface area (Å²) < 4.78 is 0. The fourth-order valence-electron chi connectivity index (χ4n) is 3.85. The highest BCUT2D eigenvalue weighted by Crippen LogP contribution is 2.28. The Balaban J connectivity index is 2.13. The zero-order chi connectivity index (χ0) is 26.0. The van der Waals surface area contributed by atoms with Crippen LogP contribution in [0.4, 0.5) is 0 Å². The maximum Gasteiger partial charge on any atom is 0.326 e. The standard InChI is InChI=1S/C28H38N2O5/c1-19(2)14-15-28(3,4)18-25(32)29-23(16-20-8-6-5-7-9-20)26(33)30-24(27(34)35)17-21-10-12-22(31)13-11-21/h5-13,19,23-24,31H,14-18H2,1-4H3,(H,29,32)(H,30,33)(H,34,35)/t23-,24-/m0/s1. The van der Waals surface area contributed by atoms with Crippen LogP contribution in [0.3, 0.4) is 0 Å². The van der Waals surface area contributed by atoms with Gasteiger partial charge in [0.2, 0.25) is 11.8 Å². The molecule has 2 aromatic carbocycles. The van der Waals surface area contributed by atoms with Gasteiger partial charge in [-0.1, -0.05) is 76.6 Å². The fourth-order valence-corrected chi connectivity index (χ4v) is 3.85. The number of phenols is 1. The molecule has 190 valence electrons. The van der Waals surface area contributed by atoms with Gasteiger partial charge in [0.1, 0.15) is 17.8 Å². The van der Waals surface area contributed by atoms with E-state index in [0.717, 1.165) is 18.4 Å². The molecule has 0 bridgehead atoms. The third-order valence-electron chi connectivity index (χ3n) is 5.96. The van der Waals surface area contributed by atoms with Gasteiger partial charge in [0.25, 0.3) is 0 Å². The second kappa shape index (κ2) is 12.9. The predicted molar refractivity (Wildman–Crippen MR) is 136 cm³/mol. The van der Waals surface area contributed by atoms with Crippen LogP contribution in [0.5, 0.6) is 5.75 Å². The van der Waals surface area contributed by atoms with Crippen molar-refractivity contribution in [3.05, 3.63) is 65.7 Å². The van der Waals surface area contributed by atoms with Crippen molar-refractivity contribution in [1.82, 2.24) is 10.6 Å². The number of hydrogen-bond acceptors (Lipinski definition) is 4. The second-order valence-corrected chi connectivity index (χ2v) is 10.4. The van der Waals surface area contributed by atoms with Crippen LogP contribution in [0.1, 0.15) is 58.1 Å². The molecule has 0 aliphatic heterocycles. The van der Waals surface area contributed by atoms with E-state index in [1.165, 1.54) is 12.1 Å². The van der Waals surface area contributed by atoms with Crippen molar-refractivity contribution in [1.29, 1.82) is 0 Å². The molecule has 2 aromatic rings. The highest BCUT2D eigenvalue weighted by atomic mass is 16.4. The molecule has 2 rings (SSSR count). The van der Waals surface area contributed by atoms with E-state index in [4.69, 9.17) is 0 Å². The van der Waals surface area contributed by atoms with Gasteiger partial charge in [0.05, 0.1) is 0 Å². The summed E-state index contributed by atoms with van der Waals surface area (Å²) in [5.74, 6) is -1.35. The Kier molecular flexibility index (Phi) is 10.3. The van der Waals surface area contributed by atoms with Crippen LogP contribution < -0.4 is 10.6 Å². The third-order valence-corrected chi connectivity index (χ3v) is 5.96.